The van der Waals surface area contributed by atoms with Gasteiger partial charge < -0.3 is 0 Å². The second-order valence-electron chi connectivity index (χ2n) is 6.78. The molecule has 134 valence electrons. The lowest BCUT2D eigenvalue weighted by Crippen LogP contribution is -2.01. The van der Waals surface area contributed by atoms with Gasteiger partial charge in [0.25, 0.3) is 0 Å². The van der Waals surface area contributed by atoms with Crippen LogP contribution in [0.5, 0.6) is 0 Å². The number of hydrogen-bond acceptors (Lipinski definition) is 1. The number of halogens is 2. The van der Waals surface area contributed by atoms with Crippen LogP contribution in [0.15, 0.2) is 42.5 Å². The predicted molar refractivity (Wildman–Crippen MR) is 99.5 cm³/mol. The summed E-state index contributed by atoms with van der Waals surface area (Å²) in [5, 5.41) is 8.63. The first-order valence-corrected chi connectivity index (χ1v) is 8.74. The Morgan fingerprint density at radius 1 is 0.880 bits per heavy atom. The molecule has 0 aliphatic carbocycles. The standard InChI is InChI=1S/C12H15N.C10H12F2/c1-9(2)10(3)12-6-4-11(8-13)5-7-12;1-3-7(2)8-4-9(11)6-10(12)5-8/h4-7,9-10H,1-3H3;4-7H,3H2,1-2H3. The fraction of sp³-hybridized carbons (Fsp3) is 0.409. The Kier molecular flexibility index (Phi) is 8.28. The monoisotopic (exact) mass is 343 g/mol. The molecular formula is C22H27F2N. The van der Waals surface area contributed by atoms with Crippen LogP contribution in [0.2, 0.25) is 0 Å². The van der Waals surface area contributed by atoms with Crippen LogP contribution >= 0.6 is 0 Å². The molecule has 2 aromatic carbocycles. The van der Waals surface area contributed by atoms with Gasteiger partial charge in [0, 0.05) is 6.07 Å². The molecule has 2 aromatic rings. The van der Waals surface area contributed by atoms with Gasteiger partial charge >= 0.3 is 0 Å². The minimum atomic E-state index is -0.495. The van der Waals surface area contributed by atoms with Crippen molar-refractivity contribution in [2.75, 3.05) is 0 Å². The molecule has 0 N–H and O–H groups in total. The van der Waals surface area contributed by atoms with Crippen LogP contribution in [0.25, 0.3) is 0 Å². The zero-order chi connectivity index (χ0) is 19.0. The molecular weight excluding hydrogens is 316 g/mol. The Labute approximate surface area is 150 Å². The summed E-state index contributed by atoms with van der Waals surface area (Å²) in [6, 6.07) is 13.6. The summed E-state index contributed by atoms with van der Waals surface area (Å²) in [4.78, 5) is 0. The van der Waals surface area contributed by atoms with Gasteiger partial charge in [0.05, 0.1) is 11.6 Å². The second-order valence-corrected chi connectivity index (χ2v) is 6.78. The largest absolute Gasteiger partial charge is 0.207 e. The van der Waals surface area contributed by atoms with Crippen LogP contribution in [0.1, 0.15) is 69.6 Å². The molecule has 0 heterocycles. The Morgan fingerprint density at radius 2 is 1.40 bits per heavy atom. The maximum absolute atomic E-state index is 12.7. The smallest absolute Gasteiger partial charge is 0.126 e. The molecule has 0 radical (unpaired) electrons. The fourth-order valence-corrected chi connectivity index (χ4v) is 2.34. The van der Waals surface area contributed by atoms with Crippen LogP contribution < -0.4 is 0 Å². The van der Waals surface area contributed by atoms with E-state index in [1.54, 1.807) is 0 Å². The summed E-state index contributed by atoms with van der Waals surface area (Å²) >= 11 is 0. The lowest BCUT2D eigenvalue weighted by molar-refractivity contribution is 0.535. The van der Waals surface area contributed by atoms with Crippen LogP contribution in [0.4, 0.5) is 8.78 Å². The van der Waals surface area contributed by atoms with E-state index in [1.807, 2.05) is 38.1 Å². The lowest BCUT2D eigenvalue weighted by atomic mass is 9.90. The number of nitriles is 1. The second kappa shape index (κ2) is 9.93. The van der Waals surface area contributed by atoms with E-state index in [9.17, 15) is 8.78 Å². The summed E-state index contributed by atoms with van der Waals surface area (Å²) in [7, 11) is 0. The van der Waals surface area contributed by atoms with Crippen molar-refractivity contribution in [1.29, 1.82) is 5.26 Å². The van der Waals surface area contributed by atoms with E-state index in [2.05, 4.69) is 26.8 Å². The summed E-state index contributed by atoms with van der Waals surface area (Å²) in [5.74, 6) is 0.437. The quantitative estimate of drug-likeness (QED) is 0.599. The normalized spacial score (nSPS) is 12.8. The third-order valence-electron chi connectivity index (χ3n) is 4.63. The van der Waals surface area contributed by atoms with E-state index in [0.717, 1.165) is 23.6 Å². The van der Waals surface area contributed by atoms with Crippen molar-refractivity contribution >= 4 is 0 Å². The third-order valence-corrected chi connectivity index (χ3v) is 4.63. The molecule has 1 nitrogen and oxygen atoms in total. The van der Waals surface area contributed by atoms with E-state index in [-0.39, 0.29) is 5.92 Å². The van der Waals surface area contributed by atoms with Gasteiger partial charge in [-0.2, -0.15) is 5.26 Å². The van der Waals surface area contributed by atoms with Crippen molar-refractivity contribution in [3.63, 3.8) is 0 Å². The van der Waals surface area contributed by atoms with Crippen molar-refractivity contribution < 1.29 is 8.78 Å². The highest BCUT2D eigenvalue weighted by molar-refractivity contribution is 5.33. The van der Waals surface area contributed by atoms with Crippen molar-refractivity contribution in [2.24, 2.45) is 5.92 Å². The van der Waals surface area contributed by atoms with Gasteiger partial charge in [0.2, 0.25) is 0 Å². The van der Waals surface area contributed by atoms with Crippen LogP contribution in [0, 0.1) is 28.9 Å². The number of rotatable bonds is 4. The van der Waals surface area contributed by atoms with Crippen LogP contribution in [-0.2, 0) is 0 Å². The number of hydrogen-bond donors (Lipinski definition) is 0. The first-order valence-electron chi connectivity index (χ1n) is 8.74. The minimum absolute atomic E-state index is 0.218. The number of nitrogens with zero attached hydrogens (tertiary/aromatic N) is 1. The number of benzene rings is 2. The van der Waals surface area contributed by atoms with Crippen molar-refractivity contribution in [3.8, 4) is 6.07 Å². The molecule has 0 fully saturated rings. The van der Waals surface area contributed by atoms with E-state index < -0.39 is 11.6 Å². The van der Waals surface area contributed by atoms with Crippen molar-refractivity contribution in [2.45, 2.75) is 52.9 Å². The first kappa shape index (κ1) is 20.8. The Bertz CT molecular complexity index is 679. The molecule has 2 atom stereocenters. The van der Waals surface area contributed by atoms with Gasteiger partial charge in [-0.3, -0.25) is 0 Å². The van der Waals surface area contributed by atoms with E-state index in [4.69, 9.17) is 5.26 Å². The van der Waals surface area contributed by atoms with Gasteiger partial charge in [-0.15, -0.1) is 0 Å². The molecule has 0 aromatic heterocycles. The molecule has 2 unspecified atom stereocenters. The van der Waals surface area contributed by atoms with Gasteiger partial charge in [-0.05, 0) is 59.6 Å². The molecule has 0 saturated heterocycles. The van der Waals surface area contributed by atoms with Crippen molar-refractivity contribution in [3.05, 3.63) is 70.8 Å². The summed E-state index contributed by atoms with van der Waals surface area (Å²) in [6.45, 7) is 10.6. The van der Waals surface area contributed by atoms with Crippen LogP contribution in [-0.4, -0.2) is 0 Å². The van der Waals surface area contributed by atoms with Gasteiger partial charge in [0.1, 0.15) is 11.6 Å². The van der Waals surface area contributed by atoms with Crippen molar-refractivity contribution in [1.82, 2.24) is 0 Å². The highest BCUT2D eigenvalue weighted by Gasteiger charge is 2.09. The summed E-state index contributed by atoms with van der Waals surface area (Å²) in [5.41, 5.74) is 2.78. The molecule has 3 heteroatoms. The van der Waals surface area contributed by atoms with E-state index in [0.29, 0.717) is 11.8 Å². The summed E-state index contributed by atoms with van der Waals surface area (Å²) in [6.07, 6.45) is 0.892. The Balaban J connectivity index is 0.000000251. The maximum atomic E-state index is 12.7. The molecule has 0 amide bonds. The zero-order valence-corrected chi connectivity index (χ0v) is 15.7. The molecule has 0 aliphatic heterocycles. The van der Waals surface area contributed by atoms with E-state index in [1.165, 1.54) is 17.7 Å². The predicted octanol–water partition coefficient (Wildman–Crippen LogP) is 6.80. The van der Waals surface area contributed by atoms with Gasteiger partial charge in [0.15, 0.2) is 0 Å². The minimum Gasteiger partial charge on any atom is -0.207 e. The topological polar surface area (TPSA) is 23.8 Å². The average Bonchev–Trinajstić information content (AvgIpc) is 2.60. The third kappa shape index (κ3) is 6.66. The lowest BCUT2D eigenvalue weighted by Gasteiger charge is -2.15. The van der Waals surface area contributed by atoms with Gasteiger partial charge in [-0.25, -0.2) is 8.78 Å². The SMILES string of the molecule is CC(C)C(C)c1ccc(C#N)cc1.CCC(C)c1cc(F)cc(F)c1. The van der Waals surface area contributed by atoms with Gasteiger partial charge in [-0.1, -0.05) is 46.8 Å². The zero-order valence-electron chi connectivity index (χ0n) is 15.7. The first-order chi connectivity index (χ1) is 11.8. The Morgan fingerprint density at radius 3 is 1.80 bits per heavy atom. The average molecular weight is 343 g/mol. The molecule has 2 rings (SSSR count). The molecule has 25 heavy (non-hydrogen) atoms. The molecule has 0 bridgehead atoms. The molecule has 0 aliphatic rings. The Hall–Kier alpha value is -2.21. The highest BCUT2D eigenvalue weighted by Crippen LogP contribution is 2.23. The van der Waals surface area contributed by atoms with Crippen LogP contribution in [0.3, 0.4) is 0 Å². The molecule has 0 saturated carbocycles. The fourth-order valence-electron chi connectivity index (χ4n) is 2.34. The highest BCUT2D eigenvalue weighted by atomic mass is 19.1. The van der Waals surface area contributed by atoms with E-state index >= 15 is 0 Å². The molecule has 0 spiro atoms. The maximum Gasteiger partial charge on any atom is 0.126 e. The summed E-state index contributed by atoms with van der Waals surface area (Å²) < 4.78 is 25.4.